The van der Waals surface area contributed by atoms with E-state index in [1.54, 1.807) is 21.6 Å². The number of carboxylic acids is 3. The molecule has 0 spiro atoms. The molecule has 28 nitrogen and oxygen atoms in total. The van der Waals surface area contributed by atoms with Crippen LogP contribution >= 0.6 is 43.2 Å². The van der Waals surface area contributed by atoms with E-state index in [9.17, 15) is 68.4 Å². The number of urea groups is 1. The quantitative estimate of drug-likeness (QED) is 0.0160. The molecule has 2 saturated heterocycles. The number of aliphatic carboxylic acids is 3. The van der Waals surface area contributed by atoms with Crippen LogP contribution in [-0.4, -0.2) is 251 Å². The number of rotatable bonds is 42. The van der Waals surface area contributed by atoms with Crippen molar-refractivity contribution < 1.29 is 120 Å². The molecule has 0 aromatic carbocycles. The summed E-state index contributed by atoms with van der Waals surface area (Å²) in [6.45, 7) is 2.12. The number of nitrogens with one attached hydrogen (secondary N) is 2. The number of piperidine rings is 2. The summed E-state index contributed by atoms with van der Waals surface area (Å²) >= 11 is 0. The number of likely N-dealkylation sites (tertiary alicyclic amines) is 1. The molecule has 0 radical (unpaired) electrons. The summed E-state index contributed by atoms with van der Waals surface area (Å²) in [7, 11) is 7.49. The number of amides is 6. The average Bonchev–Trinajstić information content (AvgIpc) is 3.37. The molecule has 0 aliphatic carbocycles. The molecule has 480 valence electrons. The number of hydrogen-bond acceptors (Lipinski definition) is 19. The van der Waals surface area contributed by atoms with E-state index in [1.165, 1.54) is 57.4 Å². The molecule has 2 aliphatic rings. The summed E-state index contributed by atoms with van der Waals surface area (Å²) in [5, 5.41) is 44.3. The number of carbonyl (C=O) groups is 10. The fourth-order valence-corrected chi connectivity index (χ4v) is 12.3. The minimum atomic E-state index is -1.56. The third-order valence-electron chi connectivity index (χ3n) is 12.2. The SMILES string of the molecule is C=CC(=O)NCCSSCCCC(=O)CN(CC1CCN(C(=O)N(CCSSCCCC(=O)CCCCC2CCNCC2)C(=O)CN(CCN(CC(=O)O)CN(CC(=O)O)CC(=O)O)C(=O)O)CC1)C(=O)OCCOC.[NH2-].[NH2-].[NH2-].[NH2-].[Pt+2].[Pt+2]. The first-order chi connectivity index (χ1) is 36.4. The zero-order valence-electron chi connectivity index (χ0n) is 46.7. The Balaban J connectivity index is -0.00000329. The Kier molecular flexibility index (Phi) is 57.1. The molecule has 82 heavy (non-hydrogen) atoms. The average molecular weight is 1610 g/mol. The van der Waals surface area contributed by atoms with Gasteiger partial charge in [-0.2, -0.15) is 0 Å². The summed E-state index contributed by atoms with van der Waals surface area (Å²) in [5.41, 5.74) is 0. The number of carboxylic acid groups (broad SMARTS) is 4. The number of ketones is 2. The number of Topliss-reactive ketones (excluding diaryl/α,β-unsaturated/α-hetero) is 2. The van der Waals surface area contributed by atoms with Crippen LogP contribution in [0.25, 0.3) is 24.6 Å². The Hall–Kier alpha value is -3.10. The monoisotopic (exact) mass is 1610 g/mol. The number of ether oxygens (including phenoxy) is 2. The molecular formula is C48H88N12O16Pt2S4. The molecule has 2 rings (SSSR count). The van der Waals surface area contributed by atoms with Crippen LogP contribution in [0.15, 0.2) is 12.7 Å². The molecule has 2 aliphatic heterocycles. The van der Waals surface area contributed by atoms with Crippen molar-refractivity contribution in [3.63, 3.8) is 0 Å². The van der Waals surface area contributed by atoms with E-state index in [0.29, 0.717) is 67.2 Å². The molecular weight excluding hydrogens is 1520 g/mol. The van der Waals surface area contributed by atoms with E-state index in [2.05, 4.69) is 17.2 Å². The number of unbranched alkanes of at least 4 members (excludes halogenated alkanes) is 1. The van der Waals surface area contributed by atoms with Gasteiger partial charge in [0.25, 0.3) is 0 Å². The third kappa shape index (κ3) is 41.8. The maximum Gasteiger partial charge on any atom is 2.00 e. The Labute approximate surface area is 526 Å². The van der Waals surface area contributed by atoms with Gasteiger partial charge in [-0.15, -0.1) is 0 Å². The van der Waals surface area contributed by atoms with Crippen molar-refractivity contribution in [2.45, 2.75) is 77.0 Å². The third-order valence-corrected chi connectivity index (χ3v) is 17.1. The predicted octanol–water partition coefficient (Wildman–Crippen LogP) is 6.71. The first-order valence-corrected chi connectivity index (χ1v) is 30.6. The number of nitrogens with two attached hydrogens (primary N) is 4. The number of hydrogen-bond donors (Lipinski definition) is 6. The summed E-state index contributed by atoms with van der Waals surface area (Å²) in [5.74, 6) is -2.28. The van der Waals surface area contributed by atoms with Gasteiger partial charge in [-0.05, 0) is 75.9 Å². The van der Waals surface area contributed by atoms with Gasteiger partial charge >= 0.3 is 78.3 Å². The largest absolute Gasteiger partial charge is 2.00 e. The van der Waals surface area contributed by atoms with Gasteiger partial charge in [0.05, 0.1) is 39.5 Å². The summed E-state index contributed by atoms with van der Waals surface area (Å²) in [6, 6.07) is -0.667. The molecule has 2 heterocycles. The van der Waals surface area contributed by atoms with Crippen molar-refractivity contribution in [2.24, 2.45) is 11.8 Å². The van der Waals surface area contributed by atoms with E-state index >= 15 is 0 Å². The van der Waals surface area contributed by atoms with E-state index in [1.807, 2.05) is 0 Å². The van der Waals surface area contributed by atoms with Crippen LogP contribution < -0.4 is 10.6 Å². The second kappa shape index (κ2) is 53.4. The van der Waals surface area contributed by atoms with Crippen LogP contribution in [0, 0.1) is 11.8 Å². The number of nitrogens with zero attached hydrogens (tertiary/aromatic N) is 6. The second-order valence-corrected chi connectivity index (χ2v) is 23.7. The van der Waals surface area contributed by atoms with Crippen LogP contribution in [0.4, 0.5) is 14.4 Å². The van der Waals surface area contributed by atoms with Crippen molar-refractivity contribution in [3.8, 4) is 0 Å². The van der Waals surface area contributed by atoms with Gasteiger partial charge in [0.2, 0.25) is 11.8 Å². The van der Waals surface area contributed by atoms with Gasteiger partial charge < -0.3 is 74.9 Å². The maximum absolute atomic E-state index is 14.3. The molecule has 6 amide bonds. The topological polar surface area (TPSA) is 448 Å². The van der Waals surface area contributed by atoms with E-state index in [-0.39, 0.29) is 155 Å². The maximum atomic E-state index is 14.3. The van der Waals surface area contributed by atoms with Crippen molar-refractivity contribution in [1.82, 2.24) is 40.0 Å². The Morgan fingerprint density at radius 3 is 1.74 bits per heavy atom. The van der Waals surface area contributed by atoms with E-state index < -0.39 is 81.4 Å². The van der Waals surface area contributed by atoms with Gasteiger partial charge in [-0.3, -0.25) is 53.2 Å². The first-order valence-electron chi connectivity index (χ1n) is 25.6. The molecule has 0 bridgehead atoms. The molecule has 0 aromatic heterocycles. The standard InChI is InChI=1S/C48H80N8O16S4.4H2N.2Pt/c1-3-41(59)50-18-28-75-73-27-7-11-40(58)31-55(48(70)72-25-24-71-2)30-38-14-19-53(20-15-38)46(67)56(23-29-76-74-26-6-10-39(57)9-5-4-8-37-12-16-49-17-13-37)42(60)32-54(47(68)69)22-21-51(33-43(61)62)36-52(34-44(63)64)35-45(65)66;;;;;;/h3,37-38,49H,1,4-36H2,2H3,(H,50,59)(H,61,62)(H,63,64)(H,65,66)(H,68,69);4*1H2;;/q;4*-1;2*+2. The Bertz CT molecular complexity index is 1860. The summed E-state index contributed by atoms with van der Waals surface area (Å²) in [4.78, 5) is 132. The number of carbonyl (C=O) groups excluding carboxylic acids is 6. The predicted molar refractivity (Wildman–Crippen MR) is 313 cm³/mol. The van der Waals surface area contributed by atoms with E-state index in [4.69, 9.17) is 9.47 Å². The Morgan fingerprint density at radius 2 is 1.18 bits per heavy atom. The molecule has 0 aromatic rings. The fraction of sp³-hybridized carbons (Fsp3) is 0.750. The zero-order valence-corrected chi connectivity index (χ0v) is 54.5. The van der Waals surface area contributed by atoms with Crippen LogP contribution in [0.1, 0.15) is 77.0 Å². The number of imide groups is 1. The number of methoxy groups -OCH3 is 1. The van der Waals surface area contributed by atoms with Crippen LogP contribution in [0.5, 0.6) is 0 Å². The van der Waals surface area contributed by atoms with Gasteiger partial charge in [-0.1, -0.05) is 62.6 Å². The van der Waals surface area contributed by atoms with Crippen LogP contribution in [0.2, 0.25) is 0 Å². The van der Waals surface area contributed by atoms with Gasteiger partial charge in [0, 0.05) is 95.2 Å². The summed E-state index contributed by atoms with van der Waals surface area (Å²) < 4.78 is 10.4. The molecule has 0 atom stereocenters. The Morgan fingerprint density at radius 1 is 0.634 bits per heavy atom. The normalized spacial score (nSPS) is 13.0. The van der Waals surface area contributed by atoms with E-state index in [0.717, 1.165) is 53.0 Å². The van der Waals surface area contributed by atoms with Gasteiger partial charge in [-0.25, -0.2) is 14.4 Å². The molecule has 34 heteroatoms. The minimum absolute atomic E-state index is 0. The van der Waals surface area contributed by atoms with Crippen LogP contribution in [0.3, 0.4) is 0 Å². The van der Waals surface area contributed by atoms with Crippen LogP contribution in [-0.2, 0) is 85.2 Å². The molecule has 0 saturated carbocycles. The molecule has 14 N–H and O–H groups in total. The molecule has 0 unspecified atom stereocenters. The fourth-order valence-electron chi connectivity index (χ4n) is 8.24. The van der Waals surface area contributed by atoms with Gasteiger partial charge in [0.15, 0.2) is 5.78 Å². The second-order valence-electron chi connectivity index (χ2n) is 18.3. The smallest absolute Gasteiger partial charge is 0.693 e. The van der Waals surface area contributed by atoms with Crippen molar-refractivity contribution in [1.29, 1.82) is 0 Å². The summed E-state index contributed by atoms with van der Waals surface area (Å²) in [6.07, 6.45) is 7.66. The van der Waals surface area contributed by atoms with Gasteiger partial charge in [0.1, 0.15) is 18.9 Å². The van der Waals surface area contributed by atoms with Crippen molar-refractivity contribution in [3.05, 3.63) is 37.3 Å². The van der Waals surface area contributed by atoms with Crippen molar-refractivity contribution in [2.75, 3.05) is 142 Å². The molecule has 2 fully saturated rings. The van der Waals surface area contributed by atoms with Crippen molar-refractivity contribution >= 4 is 103 Å². The first kappa shape index (κ1) is 87.7. The minimum Gasteiger partial charge on any atom is -0.693 e. The zero-order chi connectivity index (χ0) is 56.1.